The fourth-order valence-electron chi connectivity index (χ4n) is 2.45. The van der Waals surface area contributed by atoms with Crippen molar-refractivity contribution in [3.63, 3.8) is 0 Å². The van der Waals surface area contributed by atoms with Crippen LogP contribution in [0, 0.1) is 5.92 Å². The van der Waals surface area contributed by atoms with E-state index in [1.165, 1.54) is 0 Å². The van der Waals surface area contributed by atoms with Gasteiger partial charge in [0.05, 0.1) is 11.5 Å². The Balaban J connectivity index is 1.97. The molecule has 0 aromatic carbocycles. The lowest BCUT2D eigenvalue weighted by molar-refractivity contribution is -0.129. The Hall–Kier alpha value is -0.290. The first-order chi connectivity index (χ1) is 7.52. The maximum atomic E-state index is 11.7. The molecular weight excluding hydrogens is 250 g/mol. The molecule has 0 aliphatic carbocycles. The van der Waals surface area contributed by atoms with Gasteiger partial charge in [-0.1, -0.05) is 0 Å². The number of halogens is 1. The van der Waals surface area contributed by atoms with Crippen LogP contribution in [0.15, 0.2) is 0 Å². The summed E-state index contributed by atoms with van der Waals surface area (Å²) >= 11 is 5.75. The quantitative estimate of drug-likeness (QED) is 0.689. The van der Waals surface area contributed by atoms with E-state index in [1.807, 2.05) is 4.90 Å². The van der Waals surface area contributed by atoms with Crippen LogP contribution >= 0.6 is 11.6 Å². The van der Waals surface area contributed by atoms with Crippen LogP contribution in [0.25, 0.3) is 0 Å². The average Bonchev–Trinajstić information content (AvgIpc) is 2.60. The number of hydrogen-bond donors (Lipinski definition) is 0. The Kier molecular flexibility index (Phi) is 3.45. The van der Waals surface area contributed by atoms with E-state index in [4.69, 9.17) is 11.6 Å². The molecule has 1 amide bonds. The molecule has 1 atom stereocenters. The van der Waals surface area contributed by atoms with E-state index in [9.17, 15) is 13.2 Å². The zero-order valence-electron chi connectivity index (χ0n) is 9.06. The van der Waals surface area contributed by atoms with Crippen molar-refractivity contribution in [2.45, 2.75) is 25.3 Å². The lowest BCUT2D eigenvalue weighted by Gasteiger charge is -2.31. The van der Waals surface area contributed by atoms with Crippen molar-refractivity contribution in [2.75, 3.05) is 23.9 Å². The minimum atomic E-state index is -2.85. The largest absolute Gasteiger partial charge is 0.339 e. The molecule has 2 aliphatic rings. The van der Waals surface area contributed by atoms with Gasteiger partial charge in [-0.25, -0.2) is 8.42 Å². The van der Waals surface area contributed by atoms with Crippen LogP contribution in [0.4, 0.5) is 0 Å². The Morgan fingerprint density at radius 2 is 1.94 bits per heavy atom. The maximum Gasteiger partial charge on any atom is 0.223 e. The minimum Gasteiger partial charge on any atom is -0.339 e. The van der Waals surface area contributed by atoms with Gasteiger partial charge in [-0.2, -0.15) is 0 Å². The predicted molar refractivity (Wildman–Crippen MR) is 62.2 cm³/mol. The molecule has 2 aliphatic heterocycles. The third-order valence-electron chi connectivity index (χ3n) is 3.42. The van der Waals surface area contributed by atoms with Gasteiger partial charge in [0.1, 0.15) is 9.84 Å². The molecule has 4 nitrogen and oxygen atoms in total. The van der Waals surface area contributed by atoms with E-state index in [-0.39, 0.29) is 29.4 Å². The van der Waals surface area contributed by atoms with Crippen LogP contribution < -0.4 is 0 Å². The van der Waals surface area contributed by atoms with Crippen molar-refractivity contribution in [1.82, 2.24) is 4.90 Å². The van der Waals surface area contributed by atoms with Crippen molar-refractivity contribution in [1.29, 1.82) is 0 Å². The van der Waals surface area contributed by atoms with Crippen LogP contribution in [0.3, 0.4) is 0 Å². The molecule has 0 bridgehead atoms. The highest BCUT2D eigenvalue weighted by molar-refractivity contribution is 7.91. The number of alkyl halides is 1. The summed E-state index contributed by atoms with van der Waals surface area (Å²) in [6, 6.07) is 0.115. The third-order valence-corrected chi connectivity index (χ3v) is 5.57. The Labute approximate surface area is 101 Å². The summed E-state index contributed by atoms with van der Waals surface area (Å²) in [5.41, 5.74) is 0. The molecule has 2 rings (SSSR count). The van der Waals surface area contributed by atoms with Gasteiger partial charge >= 0.3 is 0 Å². The summed E-state index contributed by atoms with van der Waals surface area (Å²) in [5, 5.41) is 0. The first-order valence-electron chi connectivity index (χ1n) is 5.57. The summed E-state index contributed by atoms with van der Waals surface area (Å²) < 4.78 is 22.6. The fourth-order valence-corrected chi connectivity index (χ4v) is 4.13. The number of carbonyl (C=O) groups excluding carboxylic acids is 1. The summed E-state index contributed by atoms with van der Waals surface area (Å²) in [7, 11) is -2.85. The number of likely N-dealkylation sites (tertiary alicyclic amines) is 1. The van der Waals surface area contributed by atoms with Crippen molar-refractivity contribution in [2.24, 2.45) is 5.92 Å². The van der Waals surface area contributed by atoms with Crippen LogP contribution in [-0.4, -0.2) is 49.2 Å². The van der Waals surface area contributed by atoms with E-state index < -0.39 is 9.84 Å². The standard InChI is InChI=1S/C10H16ClNO3S/c11-6-8-5-10(13)12(7-8)9-1-3-16(14,15)4-2-9/h8-9H,1-7H2. The number of carbonyl (C=O) groups is 1. The molecule has 0 radical (unpaired) electrons. The first-order valence-corrected chi connectivity index (χ1v) is 7.93. The molecule has 2 heterocycles. The van der Waals surface area contributed by atoms with E-state index in [0.29, 0.717) is 31.7 Å². The van der Waals surface area contributed by atoms with Crippen molar-refractivity contribution < 1.29 is 13.2 Å². The van der Waals surface area contributed by atoms with E-state index in [1.54, 1.807) is 0 Å². The number of nitrogens with zero attached hydrogens (tertiary/aromatic N) is 1. The lowest BCUT2D eigenvalue weighted by atomic mass is 10.1. The summed E-state index contributed by atoms with van der Waals surface area (Å²) in [6.45, 7) is 0.701. The van der Waals surface area contributed by atoms with Gasteiger partial charge in [-0.05, 0) is 18.8 Å². The molecule has 0 aromatic rings. The molecule has 0 aromatic heterocycles. The minimum absolute atomic E-state index is 0.115. The van der Waals surface area contributed by atoms with Crippen LogP contribution in [0.2, 0.25) is 0 Å². The Morgan fingerprint density at radius 3 is 2.44 bits per heavy atom. The monoisotopic (exact) mass is 265 g/mol. The zero-order chi connectivity index (χ0) is 11.8. The topological polar surface area (TPSA) is 54.5 Å². The van der Waals surface area contributed by atoms with Crippen molar-refractivity contribution >= 4 is 27.3 Å². The molecule has 2 saturated heterocycles. The second-order valence-electron chi connectivity index (χ2n) is 4.65. The van der Waals surface area contributed by atoms with Crippen LogP contribution in [-0.2, 0) is 14.6 Å². The number of hydrogen-bond acceptors (Lipinski definition) is 3. The van der Waals surface area contributed by atoms with Crippen LogP contribution in [0.5, 0.6) is 0 Å². The van der Waals surface area contributed by atoms with E-state index >= 15 is 0 Å². The second-order valence-corrected chi connectivity index (χ2v) is 7.27. The highest BCUT2D eigenvalue weighted by Gasteiger charge is 2.36. The van der Waals surface area contributed by atoms with Gasteiger partial charge in [0.25, 0.3) is 0 Å². The van der Waals surface area contributed by atoms with Gasteiger partial charge < -0.3 is 4.90 Å². The van der Waals surface area contributed by atoms with E-state index in [0.717, 1.165) is 0 Å². The van der Waals surface area contributed by atoms with Gasteiger partial charge in [0.2, 0.25) is 5.91 Å². The Bertz CT molecular complexity index is 368. The second kappa shape index (κ2) is 4.53. The smallest absolute Gasteiger partial charge is 0.223 e. The third kappa shape index (κ3) is 2.51. The zero-order valence-corrected chi connectivity index (χ0v) is 10.6. The highest BCUT2D eigenvalue weighted by Crippen LogP contribution is 2.26. The van der Waals surface area contributed by atoms with Gasteiger partial charge in [-0.3, -0.25) is 4.79 Å². The molecule has 6 heteroatoms. The summed E-state index contributed by atoms with van der Waals surface area (Å²) in [5.74, 6) is 1.32. The Morgan fingerprint density at radius 1 is 1.31 bits per heavy atom. The molecular formula is C10H16ClNO3S. The van der Waals surface area contributed by atoms with Gasteiger partial charge in [0.15, 0.2) is 0 Å². The molecule has 16 heavy (non-hydrogen) atoms. The SMILES string of the molecule is O=C1CC(CCl)CN1C1CCS(=O)(=O)CC1. The van der Waals surface area contributed by atoms with Gasteiger partial charge in [0, 0.05) is 24.9 Å². The normalized spacial score (nSPS) is 30.9. The molecule has 92 valence electrons. The maximum absolute atomic E-state index is 11.7. The lowest BCUT2D eigenvalue weighted by Crippen LogP contribution is -2.42. The summed E-state index contributed by atoms with van der Waals surface area (Å²) in [6.07, 6.45) is 1.69. The molecule has 0 spiro atoms. The first kappa shape index (κ1) is 12.2. The van der Waals surface area contributed by atoms with Crippen molar-refractivity contribution in [3.05, 3.63) is 0 Å². The van der Waals surface area contributed by atoms with Crippen LogP contribution in [0.1, 0.15) is 19.3 Å². The molecule has 2 fully saturated rings. The number of sulfone groups is 1. The predicted octanol–water partition coefficient (Wildman–Crippen LogP) is 0.651. The van der Waals surface area contributed by atoms with Crippen molar-refractivity contribution in [3.8, 4) is 0 Å². The average molecular weight is 266 g/mol. The fraction of sp³-hybridized carbons (Fsp3) is 0.900. The number of amides is 1. The van der Waals surface area contributed by atoms with E-state index in [2.05, 4.69) is 0 Å². The van der Waals surface area contributed by atoms with Gasteiger partial charge in [-0.15, -0.1) is 11.6 Å². The molecule has 1 unspecified atom stereocenters. The molecule has 0 N–H and O–H groups in total. The highest BCUT2D eigenvalue weighted by atomic mass is 35.5. The number of rotatable bonds is 2. The molecule has 0 saturated carbocycles. The summed E-state index contributed by atoms with van der Waals surface area (Å²) in [4.78, 5) is 13.6.